The van der Waals surface area contributed by atoms with Gasteiger partial charge >= 0.3 is 6.09 Å². The molecular formula is C19H19N5O3. The summed E-state index contributed by atoms with van der Waals surface area (Å²) in [4.78, 5) is 26.0. The van der Waals surface area contributed by atoms with E-state index in [2.05, 4.69) is 20.7 Å². The molecule has 0 saturated heterocycles. The zero-order valence-electron chi connectivity index (χ0n) is 14.6. The van der Waals surface area contributed by atoms with Crippen LogP contribution in [-0.4, -0.2) is 38.1 Å². The van der Waals surface area contributed by atoms with Crippen molar-refractivity contribution in [2.45, 2.75) is 25.6 Å². The minimum absolute atomic E-state index is 0.0868. The number of nitrogens with one attached hydrogen (secondary N) is 1. The van der Waals surface area contributed by atoms with Gasteiger partial charge in [-0.1, -0.05) is 60.7 Å². The molecule has 1 unspecified atom stereocenters. The molecule has 0 aliphatic heterocycles. The van der Waals surface area contributed by atoms with Gasteiger partial charge in [0, 0.05) is 0 Å². The smallest absolute Gasteiger partial charge is 0.408 e. The van der Waals surface area contributed by atoms with Crippen molar-refractivity contribution >= 4 is 11.9 Å². The number of alkyl carbamates (subject to hydrolysis) is 1. The van der Waals surface area contributed by atoms with Crippen LogP contribution in [0.3, 0.4) is 0 Å². The molecule has 1 N–H and O–H groups in total. The van der Waals surface area contributed by atoms with Crippen LogP contribution in [0.25, 0.3) is 0 Å². The Labute approximate surface area is 156 Å². The Hall–Kier alpha value is -3.55. The van der Waals surface area contributed by atoms with Crippen LogP contribution in [0.1, 0.15) is 11.1 Å². The number of amides is 1. The third-order valence-electron chi connectivity index (χ3n) is 3.86. The van der Waals surface area contributed by atoms with Crippen LogP contribution in [0.4, 0.5) is 4.79 Å². The van der Waals surface area contributed by atoms with E-state index in [1.807, 2.05) is 60.7 Å². The van der Waals surface area contributed by atoms with Gasteiger partial charge in [0.1, 0.15) is 13.2 Å². The first-order chi connectivity index (χ1) is 13.2. The number of hydrogen-bond donors (Lipinski definition) is 1. The van der Waals surface area contributed by atoms with Crippen LogP contribution in [-0.2, 0) is 29.1 Å². The molecule has 0 fully saturated rings. The fourth-order valence-electron chi connectivity index (χ4n) is 2.51. The predicted molar refractivity (Wildman–Crippen MR) is 96.5 cm³/mol. The second kappa shape index (κ2) is 9.23. The number of benzene rings is 2. The average Bonchev–Trinajstić information content (AvgIpc) is 3.20. The fraction of sp³-hybridized carbons (Fsp3) is 0.211. The summed E-state index contributed by atoms with van der Waals surface area (Å²) in [5.41, 5.74) is 1.79. The molecule has 1 atom stereocenters. The van der Waals surface area contributed by atoms with Crippen molar-refractivity contribution in [3.63, 3.8) is 0 Å². The number of carbonyl (C=O) groups excluding carboxylic acids is 2. The Balaban J connectivity index is 1.63. The average molecular weight is 365 g/mol. The second-order valence-corrected chi connectivity index (χ2v) is 5.88. The number of carbonyl (C=O) groups is 2. The van der Waals surface area contributed by atoms with Crippen molar-refractivity contribution in [3.05, 3.63) is 78.1 Å². The molecule has 0 spiro atoms. The quantitative estimate of drug-likeness (QED) is 0.653. The number of tetrazole rings is 1. The zero-order valence-corrected chi connectivity index (χ0v) is 14.6. The van der Waals surface area contributed by atoms with E-state index in [0.717, 1.165) is 11.1 Å². The maximum Gasteiger partial charge on any atom is 0.408 e. The van der Waals surface area contributed by atoms with Gasteiger partial charge in [-0.25, -0.2) is 4.79 Å². The normalized spacial score (nSPS) is 11.6. The molecule has 0 bridgehead atoms. The van der Waals surface area contributed by atoms with Crippen molar-refractivity contribution < 1.29 is 14.3 Å². The highest BCUT2D eigenvalue weighted by Crippen LogP contribution is 2.06. The number of rotatable bonds is 8. The first-order valence-electron chi connectivity index (χ1n) is 8.45. The van der Waals surface area contributed by atoms with Crippen LogP contribution >= 0.6 is 0 Å². The molecule has 3 aromatic rings. The van der Waals surface area contributed by atoms with E-state index >= 15 is 0 Å². The summed E-state index contributed by atoms with van der Waals surface area (Å²) in [7, 11) is 0. The highest BCUT2D eigenvalue weighted by Gasteiger charge is 2.23. The lowest BCUT2D eigenvalue weighted by atomic mass is 10.0. The summed E-state index contributed by atoms with van der Waals surface area (Å²) >= 11 is 0. The summed E-state index contributed by atoms with van der Waals surface area (Å²) in [6.45, 7) is 0.0417. The molecule has 0 radical (unpaired) electrons. The number of hydrogen-bond acceptors (Lipinski definition) is 6. The maximum atomic E-state index is 12.6. The highest BCUT2D eigenvalue weighted by atomic mass is 16.5. The minimum atomic E-state index is -0.762. The molecule has 2 aromatic carbocycles. The summed E-state index contributed by atoms with van der Waals surface area (Å²) < 4.78 is 5.23. The summed E-state index contributed by atoms with van der Waals surface area (Å²) in [5.74, 6) is -0.242. The Morgan fingerprint density at radius 2 is 1.67 bits per heavy atom. The van der Waals surface area contributed by atoms with Crippen LogP contribution in [0.2, 0.25) is 0 Å². The third-order valence-corrected chi connectivity index (χ3v) is 3.86. The van der Waals surface area contributed by atoms with E-state index in [9.17, 15) is 9.59 Å². The summed E-state index contributed by atoms with van der Waals surface area (Å²) in [5, 5.41) is 13.8. The molecule has 27 heavy (non-hydrogen) atoms. The van der Waals surface area contributed by atoms with E-state index < -0.39 is 12.1 Å². The molecule has 1 amide bonds. The lowest BCUT2D eigenvalue weighted by Gasteiger charge is -2.17. The molecule has 8 nitrogen and oxygen atoms in total. The Kier molecular flexibility index (Phi) is 6.24. The van der Waals surface area contributed by atoms with Crippen LogP contribution in [0, 0.1) is 0 Å². The number of ketones is 1. The van der Waals surface area contributed by atoms with Crippen LogP contribution in [0.15, 0.2) is 67.0 Å². The van der Waals surface area contributed by atoms with E-state index in [4.69, 9.17) is 4.74 Å². The van der Waals surface area contributed by atoms with E-state index in [0.29, 0.717) is 6.42 Å². The van der Waals surface area contributed by atoms with Crippen LogP contribution in [0.5, 0.6) is 0 Å². The van der Waals surface area contributed by atoms with Crippen molar-refractivity contribution in [2.24, 2.45) is 0 Å². The van der Waals surface area contributed by atoms with Crippen molar-refractivity contribution in [3.8, 4) is 0 Å². The number of nitrogens with zero attached hydrogens (tertiary/aromatic N) is 4. The molecule has 1 heterocycles. The minimum Gasteiger partial charge on any atom is -0.445 e. The maximum absolute atomic E-state index is 12.6. The molecule has 0 saturated carbocycles. The standard InChI is InChI=1S/C19H19N5O3/c25-18(12-24-21-14-20-23-24)17(11-15-7-3-1-4-8-15)22-19(26)27-13-16-9-5-2-6-10-16/h1-10,14,17H,11-13H2,(H,22,26). The van der Waals surface area contributed by atoms with E-state index in [-0.39, 0.29) is 18.9 Å². The van der Waals surface area contributed by atoms with Gasteiger partial charge in [-0.2, -0.15) is 4.80 Å². The number of aromatic nitrogens is 4. The molecule has 138 valence electrons. The molecular weight excluding hydrogens is 346 g/mol. The first-order valence-corrected chi connectivity index (χ1v) is 8.45. The van der Waals surface area contributed by atoms with Crippen molar-refractivity contribution in [2.75, 3.05) is 0 Å². The van der Waals surface area contributed by atoms with Gasteiger partial charge in [-0.15, -0.1) is 10.2 Å². The SMILES string of the molecule is O=C(NC(Cc1ccccc1)C(=O)Cn1ncnn1)OCc1ccccc1. The summed E-state index contributed by atoms with van der Waals surface area (Å²) in [6.07, 6.45) is 0.940. The van der Waals surface area contributed by atoms with E-state index in [1.54, 1.807) is 0 Å². The van der Waals surface area contributed by atoms with Gasteiger partial charge in [-0.3, -0.25) is 4.79 Å². The fourth-order valence-corrected chi connectivity index (χ4v) is 2.51. The first kappa shape index (κ1) is 18.2. The number of ether oxygens (including phenoxy) is 1. The molecule has 0 aliphatic carbocycles. The zero-order chi connectivity index (χ0) is 18.9. The molecule has 1 aromatic heterocycles. The highest BCUT2D eigenvalue weighted by molar-refractivity contribution is 5.87. The van der Waals surface area contributed by atoms with Gasteiger partial charge in [0.2, 0.25) is 0 Å². The monoisotopic (exact) mass is 365 g/mol. The second-order valence-electron chi connectivity index (χ2n) is 5.88. The number of Topliss-reactive ketones (excluding diaryl/α,β-unsaturated/α-hetero) is 1. The largest absolute Gasteiger partial charge is 0.445 e. The van der Waals surface area contributed by atoms with Crippen molar-refractivity contribution in [1.82, 2.24) is 25.5 Å². The van der Waals surface area contributed by atoms with Crippen molar-refractivity contribution in [1.29, 1.82) is 0 Å². The van der Waals surface area contributed by atoms with Gasteiger partial charge in [0.15, 0.2) is 12.1 Å². The van der Waals surface area contributed by atoms with Gasteiger partial charge < -0.3 is 10.1 Å². The lowest BCUT2D eigenvalue weighted by Crippen LogP contribution is -2.44. The predicted octanol–water partition coefficient (Wildman–Crippen LogP) is 1.78. The van der Waals surface area contributed by atoms with E-state index in [1.165, 1.54) is 11.1 Å². The summed E-state index contributed by atoms with van der Waals surface area (Å²) in [6, 6.07) is 18.0. The Bertz CT molecular complexity index is 854. The third kappa shape index (κ3) is 5.74. The Morgan fingerprint density at radius 1 is 1.00 bits per heavy atom. The van der Waals surface area contributed by atoms with Gasteiger partial charge in [0.05, 0.1) is 6.04 Å². The topological polar surface area (TPSA) is 99.0 Å². The molecule has 8 heteroatoms. The molecule has 0 aliphatic rings. The lowest BCUT2D eigenvalue weighted by molar-refractivity contribution is -0.122. The van der Waals surface area contributed by atoms with Crippen LogP contribution < -0.4 is 5.32 Å². The van der Waals surface area contributed by atoms with Gasteiger partial charge in [-0.05, 0) is 22.8 Å². The van der Waals surface area contributed by atoms with Gasteiger partial charge in [0.25, 0.3) is 0 Å². The molecule has 3 rings (SSSR count). The Morgan fingerprint density at radius 3 is 2.30 bits per heavy atom.